The fraction of sp³-hybridized carbons (Fsp3) is 0.310. The van der Waals surface area contributed by atoms with Gasteiger partial charge < -0.3 is 15.0 Å². The fourth-order valence-corrected chi connectivity index (χ4v) is 4.98. The highest BCUT2D eigenvalue weighted by atomic mass is 16.5. The second kappa shape index (κ2) is 9.92. The highest BCUT2D eigenvalue weighted by molar-refractivity contribution is 6.09. The van der Waals surface area contributed by atoms with Crippen molar-refractivity contribution in [2.75, 3.05) is 19.6 Å². The van der Waals surface area contributed by atoms with Gasteiger partial charge in [-0.2, -0.15) is 0 Å². The van der Waals surface area contributed by atoms with Crippen molar-refractivity contribution in [1.82, 2.24) is 19.8 Å². The van der Waals surface area contributed by atoms with Gasteiger partial charge in [0.25, 0.3) is 5.91 Å². The number of hydrogen-bond donors (Lipinski definition) is 1. The summed E-state index contributed by atoms with van der Waals surface area (Å²) in [5, 5.41) is 3.55. The first-order valence-electron chi connectivity index (χ1n) is 12.4. The molecule has 35 heavy (non-hydrogen) atoms. The van der Waals surface area contributed by atoms with Gasteiger partial charge in [-0.25, -0.2) is 0 Å². The molecule has 1 aliphatic rings. The van der Waals surface area contributed by atoms with Gasteiger partial charge in [-0.15, -0.1) is 0 Å². The van der Waals surface area contributed by atoms with E-state index in [4.69, 9.17) is 4.74 Å². The number of ether oxygens (including phenoxy) is 1. The van der Waals surface area contributed by atoms with E-state index < -0.39 is 0 Å². The topological polar surface area (TPSA) is 59.4 Å². The Hall–Kier alpha value is -3.64. The van der Waals surface area contributed by atoms with E-state index in [1.807, 2.05) is 84.0 Å². The van der Waals surface area contributed by atoms with Crippen LogP contribution in [0, 0.1) is 13.8 Å². The average Bonchev–Trinajstić information content (AvgIpc) is 3.20. The Kier molecular flexibility index (Phi) is 6.55. The van der Waals surface area contributed by atoms with E-state index in [-0.39, 0.29) is 5.91 Å². The highest BCUT2D eigenvalue weighted by Gasteiger charge is 2.32. The third-order valence-electron chi connectivity index (χ3n) is 6.70. The molecule has 1 fully saturated rings. The lowest BCUT2D eigenvalue weighted by Crippen LogP contribution is -2.52. The van der Waals surface area contributed by atoms with Gasteiger partial charge in [-0.1, -0.05) is 49.7 Å². The largest absolute Gasteiger partial charge is 0.439 e. The summed E-state index contributed by atoms with van der Waals surface area (Å²) < 4.78 is 8.71. The minimum atomic E-state index is -0.0350. The van der Waals surface area contributed by atoms with Crippen LogP contribution in [-0.2, 0) is 0 Å². The number of aryl methyl sites for hydroxylation is 2. The van der Waals surface area contributed by atoms with Gasteiger partial charge in [-0.3, -0.25) is 14.3 Å². The first-order valence-corrected chi connectivity index (χ1v) is 12.4. The van der Waals surface area contributed by atoms with Gasteiger partial charge >= 0.3 is 0 Å². The first kappa shape index (κ1) is 23.1. The van der Waals surface area contributed by atoms with Gasteiger partial charge in [0.1, 0.15) is 16.8 Å². The molecular formula is C29H32N4O2. The summed E-state index contributed by atoms with van der Waals surface area (Å²) in [5.74, 6) is 1.25. The lowest BCUT2D eigenvalue weighted by Gasteiger charge is -2.33. The van der Waals surface area contributed by atoms with Crippen LogP contribution in [0.15, 0.2) is 66.9 Å². The number of benzene rings is 2. The molecule has 1 atom stereocenters. The number of para-hydroxylation sites is 2. The Bertz CT molecular complexity index is 1320. The summed E-state index contributed by atoms with van der Waals surface area (Å²) in [6, 6.07) is 20.3. The van der Waals surface area contributed by atoms with Crippen LogP contribution in [0.3, 0.4) is 0 Å². The molecule has 2 aromatic carbocycles. The summed E-state index contributed by atoms with van der Waals surface area (Å²) in [6.45, 7) is 8.37. The Labute approximate surface area is 206 Å². The van der Waals surface area contributed by atoms with Crippen LogP contribution in [0.4, 0.5) is 0 Å². The molecule has 2 aromatic heterocycles. The van der Waals surface area contributed by atoms with Crippen molar-refractivity contribution in [3.05, 3.63) is 83.6 Å². The van der Waals surface area contributed by atoms with Crippen molar-refractivity contribution in [3.8, 4) is 17.3 Å². The van der Waals surface area contributed by atoms with E-state index >= 15 is 0 Å². The molecule has 1 N–H and O–H groups in total. The predicted octanol–water partition coefficient (Wildman–Crippen LogP) is 5.65. The second-order valence-electron chi connectivity index (χ2n) is 9.24. The molecule has 5 rings (SSSR count). The fourth-order valence-electron chi connectivity index (χ4n) is 4.98. The number of aromatic nitrogens is 2. The lowest BCUT2D eigenvalue weighted by atomic mass is 10.1. The highest BCUT2D eigenvalue weighted by Crippen LogP contribution is 2.39. The van der Waals surface area contributed by atoms with E-state index in [0.717, 1.165) is 47.5 Å². The Morgan fingerprint density at radius 1 is 1.06 bits per heavy atom. The van der Waals surface area contributed by atoms with Gasteiger partial charge in [0.15, 0.2) is 0 Å². The van der Waals surface area contributed by atoms with Crippen molar-refractivity contribution < 1.29 is 9.53 Å². The van der Waals surface area contributed by atoms with Crippen LogP contribution < -0.4 is 10.1 Å². The number of hydrogen-bond acceptors (Lipinski definition) is 4. The molecule has 0 unspecified atom stereocenters. The summed E-state index contributed by atoms with van der Waals surface area (Å²) in [6.07, 6.45) is 3.87. The van der Waals surface area contributed by atoms with Gasteiger partial charge in [0.2, 0.25) is 5.88 Å². The Balaban J connectivity index is 1.71. The van der Waals surface area contributed by atoms with Crippen LogP contribution in [0.1, 0.15) is 41.3 Å². The van der Waals surface area contributed by atoms with E-state index in [1.54, 1.807) is 6.20 Å². The zero-order valence-electron chi connectivity index (χ0n) is 20.6. The van der Waals surface area contributed by atoms with Crippen LogP contribution in [-0.4, -0.2) is 46.0 Å². The second-order valence-corrected chi connectivity index (χ2v) is 9.24. The van der Waals surface area contributed by atoms with Gasteiger partial charge in [0, 0.05) is 37.6 Å². The van der Waals surface area contributed by atoms with E-state index in [9.17, 15) is 4.79 Å². The normalized spacial score (nSPS) is 16.0. The third-order valence-corrected chi connectivity index (χ3v) is 6.70. The Morgan fingerprint density at radius 2 is 1.83 bits per heavy atom. The van der Waals surface area contributed by atoms with E-state index in [1.165, 1.54) is 0 Å². The standard InChI is InChI=1S/C29H32N4O2/c1-4-10-22-19-32(18-17-30-22)28(34)25-26-24(15-9-16-31-26)33(23-13-6-5-7-14-23)29(25)35-27-20(2)11-8-12-21(27)3/h5-9,11-16,22,30H,4,10,17-19H2,1-3H3/t22-/m0/s1. The number of nitrogens with zero attached hydrogens (tertiary/aromatic N) is 3. The quantitative estimate of drug-likeness (QED) is 0.397. The molecule has 6 heteroatoms. The molecule has 0 aliphatic carbocycles. The maximum Gasteiger partial charge on any atom is 0.261 e. The summed E-state index contributed by atoms with van der Waals surface area (Å²) in [4.78, 5) is 20.8. The molecular weight excluding hydrogens is 436 g/mol. The molecule has 4 aromatic rings. The molecule has 1 saturated heterocycles. The van der Waals surface area contributed by atoms with Crippen molar-refractivity contribution in [2.24, 2.45) is 0 Å². The van der Waals surface area contributed by atoms with Gasteiger partial charge in [-0.05, 0) is 55.7 Å². The molecule has 1 aliphatic heterocycles. The molecule has 6 nitrogen and oxygen atoms in total. The molecule has 3 heterocycles. The first-order chi connectivity index (χ1) is 17.1. The zero-order chi connectivity index (χ0) is 24.4. The number of rotatable bonds is 6. The molecule has 0 bridgehead atoms. The number of pyridine rings is 1. The van der Waals surface area contributed by atoms with Crippen molar-refractivity contribution in [1.29, 1.82) is 0 Å². The van der Waals surface area contributed by atoms with Crippen LogP contribution >= 0.6 is 0 Å². The molecule has 180 valence electrons. The van der Waals surface area contributed by atoms with E-state index in [0.29, 0.717) is 36.1 Å². The number of carbonyl (C=O) groups excluding carboxylic acids is 1. The third kappa shape index (κ3) is 4.42. The van der Waals surface area contributed by atoms with Crippen LogP contribution in [0.25, 0.3) is 16.7 Å². The average molecular weight is 469 g/mol. The summed E-state index contributed by atoms with van der Waals surface area (Å²) in [5.41, 5.74) is 4.99. The zero-order valence-corrected chi connectivity index (χ0v) is 20.6. The number of piperazine rings is 1. The SMILES string of the molecule is CCC[C@H]1CN(C(=O)c2c(Oc3c(C)cccc3C)n(-c3ccccc3)c3cccnc23)CCN1. The molecule has 0 spiro atoms. The maximum atomic E-state index is 14.2. The summed E-state index contributed by atoms with van der Waals surface area (Å²) >= 11 is 0. The number of amides is 1. The van der Waals surface area contributed by atoms with Crippen molar-refractivity contribution >= 4 is 16.9 Å². The number of fused-ring (bicyclic) bond motifs is 1. The number of nitrogens with one attached hydrogen (secondary N) is 1. The number of carbonyl (C=O) groups is 1. The smallest absolute Gasteiger partial charge is 0.261 e. The van der Waals surface area contributed by atoms with Crippen molar-refractivity contribution in [2.45, 2.75) is 39.7 Å². The molecule has 0 saturated carbocycles. The minimum absolute atomic E-state index is 0.0350. The van der Waals surface area contributed by atoms with Crippen LogP contribution in [0.2, 0.25) is 0 Å². The summed E-state index contributed by atoms with van der Waals surface area (Å²) in [7, 11) is 0. The Morgan fingerprint density at radius 3 is 2.57 bits per heavy atom. The maximum absolute atomic E-state index is 14.2. The van der Waals surface area contributed by atoms with E-state index in [2.05, 4.69) is 17.2 Å². The van der Waals surface area contributed by atoms with Crippen LogP contribution in [0.5, 0.6) is 11.6 Å². The molecule has 0 radical (unpaired) electrons. The predicted molar refractivity (Wildman–Crippen MR) is 140 cm³/mol. The van der Waals surface area contributed by atoms with Crippen molar-refractivity contribution in [3.63, 3.8) is 0 Å². The lowest BCUT2D eigenvalue weighted by molar-refractivity contribution is 0.0698. The van der Waals surface area contributed by atoms with Gasteiger partial charge in [0.05, 0.1) is 5.52 Å². The molecule has 1 amide bonds. The minimum Gasteiger partial charge on any atom is -0.439 e. The monoisotopic (exact) mass is 468 g/mol.